The lowest BCUT2D eigenvalue weighted by atomic mass is 10.2. The van der Waals surface area contributed by atoms with Crippen LogP contribution in [0.5, 0.6) is 5.75 Å². The summed E-state index contributed by atoms with van der Waals surface area (Å²) in [5.74, 6) is 1.66. The number of hydrogen-bond acceptors (Lipinski definition) is 5. The SMILES string of the molecule is CN=C(NCCc1ccc(-c2csc(C)n2)s1)NCc1ccccc1OC. The number of thiazole rings is 1. The summed E-state index contributed by atoms with van der Waals surface area (Å²) in [6, 6.07) is 12.3. The standard InChI is InChI=1S/C20H24N4OS2/c1-14-24-17(13-26-14)19-9-8-16(27-19)10-11-22-20(21-2)23-12-15-6-4-5-7-18(15)25-3/h4-9,13H,10-12H2,1-3H3,(H2,21,22,23). The number of hydrogen-bond donors (Lipinski definition) is 2. The number of benzene rings is 1. The van der Waals surface area contributed by atoms with Gasteiger partial charge >= 0.3 is 0 Å². The molecule has 27 heavy (non-hydrogen) atoms. The molecule has 0 aliphatic heterocycles. The second-order valence-electron chi connectivity index (χ2n) is 5.93. The largest absolute Gasteiger partial charge is 0.496 e. The average Bonchev–Trinajstić information content (AvgIpc) is 3.33. The second-order valence-corrected chi connectivity index (χ2v) is 8.16. The van der Waals surface area contributed by atoms with E-state index in [1.807, 2.05) is 31.2 Å². The average molecular weight is 401 g/mol. The van der Waals surface area contributed by atoms with Crippen molar-refractivity contribution in [2.75, 3.05) is 20.7 Å². The van der Waals surface area contributed by atoms with Gasteiger partial charge in [0.15, 0.2) is 5.96 Å². The molecular formula is C20H24N4OS2. The fourth-order valence-electron chi connectivity index (χ4n) is 2.68. The summed E-state index contributed by atoms with van der Waals surface area (Å²) in [6.45, 7) is 3.52. The molecule has 0 fully saturated rings. The lowest BCUT2D eigenvalue weighted by Crippen LogP contribution is -2.37. The molecule has 0 bridgehead atoms. The summed E-state index contributed by atoms with van der Waals surface area (Å²) < 4.78 is 5.39. The highest BCUT2D eigenvalue weighted by atomic mass is 32.1. The number of para-hydroxylation sites is 1. The Kier molecular flexibility index (Phi) is 6.84. The summed E-state index contributed by atoms with van der Waals surface area (Å²) in [5.41, 5.74) is 2.18. The first-order valence-corrected chi connectivity index (χ1v) is 10.5. The van der Waals surface area contributed by atoms with Crippen molar-refractivity contribution in [2.45, 2.75) is 19.9 Å². The molecule has 1 aromatic carbocycles. The van der Waals surface area contributed by atoms with Gasteiger partial charge in [0.2, 0.25) is 0 Å². The van der Waals surface area contributed by atoms with Crippen LogP contribution < -0.4 is 15.4 Å². The van der Waals surface area contributed by atoms with Crippen LogP contribution in [0.3, 0.4) is 0 Å². The molecule has 0 saturated carbocycles. The minimum atomic E-state index is 0.663. The molecule has 3 rings (SSSR count). The molecule has 0 amide bonds. The Bertz CT molecular complexity index is 901. The van der Waals surface area contributed by atoms with Crippen LogP contribution in [0.2, 0.25) is 0 Å². The van der Waals surface area contributed by atoms with Crippen molar-refractivity contribution in [2.24, 2.45) is 4.99 Å². The van der Waals surface area contributed by atoms with Gasteiger partial charge in [-0.25, -0.2) is 4.98 Å². The molecule has 5 nitrogen and oxygen atoms in total. The minimum Gasteiger partial charge on any atom is -0.496 e. The third-order valence-electron chi connectivity index (χ3n) is 4.06. The normalized spacial score (nSPS) is 11.4. The number of rotatable bonds is 7. The van der Waals surface area contributed by atoms with Crippen molar-refractivity contribution >= 4 is 28.6 Å². The third-order valence-corrected chi connectivity index (χ3v) is 6.00. The highest BCUT2D eigenvalue weighted by molar-refractivity contribution is 7.16. The smallest absolute Gasteiger partial charge is 0.191 e. The fourth-order valence-corrected chi connectivity index (χ4v) is 4.33. The predicted molar refractivity (Wildman–Crippen MR) is 115 cm³/mol. The van der Waals surface area contributed by atoms with Crippen LogP contribution in [-0.4, -0.2) is 31.6 Å². The number of thiophene rings is 1. The molecule has 0 saturated heterocycles. The lowest BCUT2D eigenvalue weighted by molar-refractivity contribution is 0.409. The molecule has 0 radical (unpaired) electrons. The number of ether oxygens (including phenoxy) is 1. The monoisotopic (exact) mass is 400 g/mol. The molecule has 142 valence electrons. The first-order chi connectivity index (χ1) is 13.2. The van der Waals surface area contributed by atoms with E-state index in [1.165, 1.54) is 9.75 Å². The van der Waals surface area contributed by atoms with Crippen LogP contribution in [0, 0.1) is 6.92 Å². The number of aryl methyl sites for hydroxylation is 1. The Morgan fingerprint density at radius 3 is 2.78 bits per heavy atom. The van der Waals surface area contributed by atoms with Gasteiger partial charge in [-0.15, -0.1) is 22.7 Å². The highest BCUT2D eigenvalue weighted by Crippen LogP contribution is 2.29. The Hall–Kier alpha value is -2.38. The van der Waals surface area contributed by atoms with Crippen molar-refractivity contribution in [3.8, 4) is 16.3 Å². The zero-order valence-electron chi connectivity index (χ0n) is 15.8. The Morgan fingerprint density at radius 2 is 2.04 bits per heavy atom. The number of methoxy groups -OCH3 is 1. The summed E-state index contributed by atoms with van der Waals surface area (Å²) in [6.07, 6.45) is 0.948. The number of guanidine groups is 1. The van der Waals surface area contributed by atoms with Crippen LogP contribution in [-0.2, 0) is 13.0 Å². The number of aliphatic imine (C=N–C) groups is 1. The van der Waals surface area contributed by atoms with Gasteiger partial charge in [-0.1, -0.05) is 18.2 Å². The topological polar surface area (TPSA) is 58.5 Å². The molecule has 0 atom stereocenters. The molecule has 2 aromatic heterocycles. The molecule has 0 aliphatic carbocycles. The van der Waals surface area contributed by atoms with Crippen LogP contribution in [0.15, 0.2) is 46.8 Å². The van der Waals surface area contributed by atoms with E-state index < -0.39 is 0 Å². The van der Waals surface area contributed by atoms with E-state index in [0.717, 1.165) is 40.9 Å². The van der Waals surface area contributed by atoms with Crippen molar-refractivity contribution < 1.29 is 4.74 Å². The fraction of sp³-hybridized carbons (Fsp3) is 0.300. The minimum absolute atomic E-state index is 0.663. The molecule has 0 unspecified atom stereocenters. The molecule has 0 spiro atoms. The molecule has 3 aromatic rings. The van der Waals surface area contributed by atoms with E-state index in [2.05, 4.69) is 38.1 Å². The van der Waals surface area contributed by atoms with Gasteiger partial charge in [-0.2, -0.15) is 0 Å². The van der Waals surface area contributed by atoms with Gasteiger partial charge < -0.3 is 15.4 Å². The van der Waals surface area contributed by atoms with Crippen molar-refractivity contribution in [3.05, 3.63) is 57.2 Å². The molecular weight excluding hydrogens is 376 g/mol. The van der Waals surface area contributed by atoms with Gasteiger partial charge in [-0.05, 0) is 31.5 Å². The zero-order valence-corrected chi connectivity index (χ0v) is 17.4. The highest BCUT2D eigenvalue weighted by Gasteiger charge is 2.07. The molecule has 7 heteroatoms. The van der Waals surface area contributed by atoms with Gasteiger partial charge in [-0.3, -0.25) is 4.99 Å². The van der Waals surface area contributed by atoms with E-state index >= 15 is 0 Å². The maximum atomic E-state index is 5.39. The zero-order chi connectivity index (χ0) is 19.1. The molecule has 0 aliphatic rings. The predicted octanol–water partition coefficient (Wildman–Crippen LogP) is 4.10. The molecule has 2 heterocycles. The van der Waals surface area contributed by atoms with Crippen LogP contribution in [0.25, 0.3) is 10.6 Å². The first kappa shape index (κ1) is 19.4. The van der Waals surface area contributed by atoms with Crippen LogP contribution >= 0.6 is 22.7 Å². The third kappa shape index (κ3) is 5.30. The van der Waals surface area contributed by atoms with E-state index in [0.29, 0.717) is 6.54 Å². The maximum Gasteiger partial charge on any atom is 0.191 e. The van der Waals surface area contributed by atoms with Crippen molar-refractivity contribution in [1.82, 2.24) is 15.6 Å². The van der Waals surface area contributed by atoms with Crippen molar-refractivity contribution in [1.29, 1.82) is 0 Å². The van der Waals surface area contributed by atoms with E-state index in [-0.39, 0.29) is 0 Å². The Labute approximate surface area is 168 Å². The summed E-state index contributed by atoms with van der Waals surface area (Å²) in [7, 11) is 3.47. The molecule has 2 N–H and O–H groups in total. The quantitative estimate of drug-likeness (QED) is 0.463. The van der Waals surface area contributed by atoms with Crippen molar-refractivity contribution in [3.63, 3.8) is 0 Å². The summed E-state index contributed by atoms with van der Waals surface area (Å²) in [5, 5.41) is 9.93. The van der Waals surface area contributed by atoms with Gasteiger partial charge in [0, 0.05) is 36.0 Å². The first-order valence-electron chi connectivity index (χ1n) is 8.77. The van der Waals surface area contributed by atoms with Gasteiger partial charge in [0.05, 0.1) is 22.7 Å². The van der Waals surface area contributed by atoms with Gasteiger partial charge in [0.1, 0.15) is 5.75 Å². The van der Waals surface area contributed by atoms with Crippen LogP contribution in [0.1, 0.15) is 15.4 Å². The summed E-state index contributed by atoms with van der Waals surface area (Å²) >= 11 is 3.49. The summed E-state index contributed by atoms with van der Waals surface area (Å²) in [4.78, 5) is 11.4. The van der Waals surface area contributed by atoms with E-state index in [1.54, 1.807) is 36.8 Å². The lowest BCUT2D eigenvalue weighted by Gasteiger charge is -2.13. The number of aromatic nitrogens is 1. The second kappa shape index (κ2) is 9.53. The van der Waals surface area contributed by atoms with E-state index in [4.69, 9.17) is 4.74 Å². The number of nitrogens with one attached hydrogen (secondary N) is 2. The van der Waals surface area contributed by atoms with Gasteiger partial charge in [0.25, 0.3) is 0 Å². The maximum absolute atomic E-state index is 5.39. The van der Waals surface area contributed by atoms with E-state index in [9.17, 15) is 0 Å². The Morgan fingerprint density at radius 1 is 1.19 bits per heavy atom. The Balaban J connectivity index is 1.48. The van der Waals surface area contributed by atoms with Crippen LogP contribution in [0.4, 0.5) is 0 Å². The number of nitrogens with zero attached hydrogens (tertiary/aromatic N) is 2.